The third-order valence-corrected chi connectivity index (χ3v) is 3.10. The Balaban J connectivity index is 2.13. The molecule has 0 spiro atoms. The molecule has 1 N–H and O–H groups in total. The Bertz CT molecular complexity index is 593. The number of aromatic nitrogens is 1. The summed E-state index contributed by atoms with van der Waals surface area (Å²) >= 11 is 1.29. The molecule has 0 saturated carbocycles. The summed E-state index contributed by atoms with van der Waals surface area (Å²) in [7, 11) is 0. The number of rotatable bonds is 3. The number of carbonyl (C=O) groups is 1. The number of nitrogens with one attached hydrogen (secondary N) is 1. The van der Waals surface area contributed by atoms with Crippen LogP contribution in [0.3, 0.4) is 0 Å². The first kappa shape index (κ1) is 12.3. The van der Waals surface area contributed by atoms with Gasteiger partial charge in [0.05, 0.1) is 12.3 Å². The first-order chi connectivity index (χ1) is 8.53. The summed E-state index contributed by atoms with van der Waals surface area (Å²) in [5.74, 6) is 0.275. The van der Waals surface area contributed by atoms with Gasteiger partial charge in [0.1, 0.15) is 11.1 Å². The summed E-state index contributed by atoms with van der Waals surface area (Å²) in [6.45, 7) is 3.12. The normalized spacial score (nSPS) is 10.9. The number of carbonyl (C=O) groups excluding carboxylic acids is 1. The zero-order valence-corrected chi connectivity index (χ0v) is 10.7. The summed E-state index contributed by atoms with van der Waals surface area (Å²) in [6, 6.07) is 5.50. The maximum absolute atomic E-state index is 11.8. The SMILES string of the molecule is CC(C)(C#N)C(=O)Nc1nc(-c2ccco2)cs1. The van der Waals surface area contributed by atoms with Crippen LogP contribution in [0, 0.1) is 16.7 Å². The number of nitriles is 1. The third kappa shape index (κ3) is 2.41. The van der Waals surface area contributed by atoms with Crippen LogP contribution in [0.1, 0.15) is 13.8 Å². The second-order valence-corrected chi connectivity index (χ2v) is 5.06. The molecule has 0 atom stereocenters. The monoisotopic (exact) mass is 261 g/mol. The van der Waals surface area contributed by atoms with Crippen LogP contribution in [0.25, 0.3) is 11.5 Å². The summed E-state index contributed by atoms with van der Waals surface area (Å²) in [6.07, 6.45) is 1.56. The van der Waals surface area contributed by atoms with Crippen molar-refractivity contribution in [2.24, 2.45) is 5.41 Å². The van der Waals surface area contributed by atoms with E-state index in [0.29, 0.717) is 16.6 Å². The predicted octanol–water partition coefficient (Wildman–Crippen LogP) is 2.89. The Morgan fingerprint density at radius 1 is 1.61 bits per heavy atom. The van der Waals surface area contributed by atoms with E-state index in [1.54, 1.807) is 37.6 Å². The molecule has 0 aromatic carbocycles. The number of amides is 1. The minimum Gasteiger partial charge on any atom is -0.463 e. The van der Waals surface area contributed by atoms with E-state index >= 15 is 0 Å². The van der Waals surface area contributed by atoms with Crippen LogP contribution in [0.2, 0.25) is 0 Å². The summed E-state index contributed by atoms with van der Waals surface area (Å²) in [5, 5.41) is 13.7. The van der Waals surface area contributed by atoms with Crippen LogP contribution in [0.4, 0.5) is 5.13 Å². The molecule has 6 heteroatoms. The molecule has 0 aliphatic heterocycles. The highest BCUT2D eigenvalue weighted by atomic mass is 32.1. The van der Waals surface area contributed by atoms with E-state index in [1.807, 2.05) is 6.07 Å². The van der Waals surface area contributed by atoms with Gasteiger partial charge in [-0.3, -0.25) is 4.79 Å². The smallest absolute Gasteiger partial charge is 0.246 e. The molecule has 0 saturated heterocycles. The molecule has 0 unspecified atom stereocenters. The molecule has 18 heavy (non-hydrogen) atoms. The van der Waals surface area contributed by atoms with Crippen molar-refractivity contribution < 1.29 is 9.21 Å². The van der Waals surface area contributed by atoms with Crippen molar-refractivity contribution in [3.05, 3.63) is 23.8 Å². The zero-order valence-electron chi connectivity index (χ0n) is 9.93. The number of furan rings is 1. The lowest BCUT2D eigenvalue weighted by atomic mass is 9.95. The number of nitrogens with zero attached hydrogens (tertiary/aromatic N) is 2. The zero-order chi connectivity index (χ0) is 13.2. The van der Waals surface area contributed by atoms with Gasteiger partial charge in [-0.05, 0) is 26.0 Å². The fourth-order valence-corrected chi connectivity index (χ4v) is 1.87. The van der Waals surface area contributed by atoms with Gasteiger partial charge in [-0.25, -0.2) is 4.98 Å². The first-order valence-electron chi connectivity index (χ1n) is 5.25. The molecule has 2 heterocycles. The molecule has 2 rings (SSSR count). The minimum atomic E-state index is -1.07. The molecule has 2 aromatic rings. The Kier molecular flexibility index (Phi) is 3.17. The van der Waals surface area contributed by atoms with E-state index < -0.39 is 5.41 Å². The fraction of sp³-hybridized carbons (Fsp3) is 0.250. The second-order valence-electron chi connectivity index (χ2n) is 4.21. The lowest BCUT2D eigenvalue weighted by Crippen LogP contribution is -2.29. The molecule has 2 aromatic heterocycles. The standard InChI is InChI=1S/C12H11N3O2S/c1-12(2,7-13)10(16)15-11-14-8(6-18-11)9-4-3-5-17-9/h3-6H,1-2H3,(H,14,15,16). The molecule has 5 nitrogen and oxygen atoms in total. The molecular weight excluding hydrogens is 250 g/mol. The summed E-state index contributed by atoms with van der Waals surface area (Å²) in [5.41, 5.74) is -0.411. The Morgan fingerprint density at radius 2 is 2.39 bits per heavy atom. The fourth-order valence-electron chi connectivity index (χ4n) is 1.17. The molecule has 0 aliphatic rings. The van der Waals surface area contributed by atoms with Crippen molar-refractivity contribution in [1.82, 2.24) is 4.98 Å². The van der Waals surface area contributed by atoms with E-state index in [0.717, 1.165) is 0 Å². The Labute approximate surface area is 108 Å². The Hall–Kier alpha value is -2.13. The van der Waals surface area contributed by atoms with Gasteiger partial charge >= 0.3 is 0 Å². The highest BCUT2D eigenvalue weighted by molar-refractivity contribution is 7.14. The summed E-state index contributed by atoms with van der Waals surface area (Å²) < 4.78 is 5.21. The largest absolute Gasteiger partial charge is 0.463 e. The average Bonchev–Trinajstić information content (AvgIpc) is 2.98. The van der Waals surface area contributed by atoms with Crippen LogP contribution >= 0.6 is 11.3 Å². The third-order valence-electron chi connectivity index (χ3n) is 2.35. The van der Waals surface area contributed by atoms with Crippen molar-refractivity contribution in [3.8, 4) is 17.5 Å². The van der Waals surface area contributed by atoms with Crippen molar-refractivity contribution >= 4 is 22.4 Å². The maximum atomic E-state index is 11.8. The van der Waals surface area contributed by atoms with Crippen molar-refractivity contribution in [1.29, 1.82) is 5.26 Å². The number of thiazole rings is 1. The van der Waals surface area contributed by atoms with Gasteiger partial charge in [0, 0.05) is 5.38 Å². The van der Waals surface area contributed by atoms with Crippen LogP contribution < -0.4 is 5.32 Å². The molecule has 92 valence electrons. The van der Waals surface area contributed by atoms with Crippen molar-refractivity contribution in [3.63, 3.8) is 0 Å². The lowest BCUT2D eigenvalue weighted by Gasteiger charge is -2.12. The maximum Gasteiger partial charge on any atom is 0.246 e. The second kappa shape index (κ2) is 4.63. The van der Waals surface area contributed by atoms with Crippen LogP contribution in [0.15, 0.2) is 28.2 Å². The molecule has 0 radical (unpaired) electrons. The molecular formula is C12H11N3O2S. The van der Waals surface area contributed by atoms with Crippen molar-refractivity contribution in [2.45, 2.75) is 13.8 Å². The minimum absolute atomic E-state index is 0.370. The average molecular weight is 261 g/mol. The first-order valence-corrected chi connectivity index (χ1v) is 6.13. The topological polar surface area (TPSA) is 78.9 Å². The van der Waals surface area contributed by atoms with E-state index in [1.165, 1.54) is 11.3 Å². The molecule has 0 fully saturated rings. The van der Waals surface area contributed by atoms with Gasteiger partial charge < -0.3 is 9.73 Å². The molecule has 0 aliphatic carbocycles. The Morgan fingerprint density at radius 3 is 3.00 bits per heavy atom. The lowest BCUT2D eigenvalue weighted by molar-refractivity contribution is -0.121. The quantitative estimate of drug-likeness (QED) is 0.921. The predicted molar refractivity (Wildman–Crippen MR) is 67.8 cm³/mol. The van der Waals surface area contributed by atoms with Gasteiger partial charge in [0.25, 0.3) is 0 Å². The van der Waals surface area contributed by atoms with Gasteiger partial charge in [0.15, 0.2) is 10.9 Å². The van der Waals surface area contributed by atoms with Crippen LogP contribution in [0.5, 0.6) is 0 Å². The van der Waals surface area contributed by atoms with E-state index in [4.69, 9.17) is 9.68 Å². The highest BCUT2D eigenvalue weighted by Gasteiger charge is 2.28. The molecule has 1 amide bonds. The summed E-state index contributed by atoms with van der Waals surface area (Å²) in [4.78, 5) is 16.0. The number of hydrogen-bond acceptors (Lipinski definition) is 5. The van der Waals surface area contributed by atoms with Crippen molar-refractivity contribution in [2.75, 3.05) is 5.32 Å². The van der Waals surface area contributed by atoms with E-state index in [-0.39, 0.29) is 5.91 Å². The van der Waals surface area contributed by atoms with Gasteiger partial charge in [-0.15, -0.1) is 11.3 Å². The molecule has 0 bridgehead atoms. The van der Waals surface area contributed by atoms with Gasteiger partial charge in [-0.2, -0.15) is 5.26 Å². The van der Waals surface area contributed by atoms with Gasteiger partial charge in [-0.1, -0.05) is 0 Å². The van der Waals surface area contributed by atoms with E-state index in [2.05, 4.69) is 10.3 Å². The van der Waals surface area contributed by atoms with Crippen LogP contribution in [-0.4, -0.2) is 10.9 Å². The highest BCUT2D eigenvalue weighted by Crippen LogP contribution is 2.26. The van der Waals surface area contributed by atoms with Gasteiger partial charge in [0.2, 0.25) is 5.91 Å². The van der Waals surface area contributed by atoms with Crippen LogP contribution in [-0.2, 0) is 4.79 Å². The number of anilines is 1. The number of hydrogen-bond donors (Lipinski definition) is 1. The van der Waals surface area contributed by atoms with E-state index in [9.17, 15) is 4.79 Å².